The van der Waals surface area contributed by atoms with Gasteiger partial charge in [-0.1, -0.05) is 12.1 Å². The topological polar surface area (TPSA) is 94.9 Å². The molecule has 3 aromatic heterocycles. The average Bonchev–Trinajstić information content (AvgIpc) is 3.65. The summed E-state index contributed by atoms with van der Waals surface area (Å²) in [7, 11) is 2.18. The van der Waals surface area contributed by atoms with Gasteiger partial charge in [-0.05, 0) is 50.4 Å². The van der Waals surface area contributed by atoms with E-state index >= 15 is 0 Å². The average molecular weight is 504 g/mol. The smallest absolute Gasteiger partial charge is 0.258 e. The Kier molecular flexibility index (Phi) is 5.23. The van der Waals surface area contributed by atoms with Crippen LogP contribution in [0.15, 0.2) is 35.3 Å². The van der Waals surface area contributed by atoms with Gasteiger partial charge in [0.15, 0.2) is 5.65 Å². The molecule has 7 rings (SSSR count). The number of amides is 1. The number of likely N-dealkylation sites (tertiary alicyclic amines) is 1. The molecule has 0 bridgehead atoms. The molecule has 1 amide bonds. The number of nitrogens with one attached hydrogen (secondary N) is 2. The first kappa shape index (κ1) is 22.1. The number of nitrogens with zero attached hydrogens (tertiary/aromatic N) is 5. The fraction of sp³-hybridized carbons (Fsp3) is 0.462. The molecule has 2 unspecified atom stereocenters. The maximum atomic E-state index is 13.7. The summed E-state index contributed by atoms with van der Waals surface area (Å²) in [5, 5.41) is 6.78. The Labute approximate surface area is 212 Å². The molecular formula is C26H29N7O2S. The van der Waals surface area contributed by atoms with Gasteiger partial charge in [0.1, 0.15) is 10.4 Å². The van der Waals surface area contributed by atoms with E-state index in [0.717, 1.165) is 55.8 Å². The van der Waals surface area contributed by atoms with Gasteiger partial charge >= 0.3 is 0 Å². The molecule has 0 spiro atoms. The summed E-state index contributed by atoms with van der Waals surface area (Å²) in [5.41, 5.74) is 1.39. The highest BCUT2D eigenvalue weighted by Gasteiger charge is 2.39. The minimum absolute atomic E-state index is 0.178. The highest BCUT2D eigenvalue weighted by molar-refractivity contribution is 7.24. The van der Waals surface area contributed by atoms with Gasteiger partial charge in [0.2, 0.25) is 11.4 Å². The molecule has 0 aliphatic carbocycles. The van der Waals surface area contributed by atoms with Crippen molar-refractivity contribution in [3.63, 3.8) is 0 Å². The van der Waals surface area contributed by atoms with Crippen LogP contribution in [0.4, 0.5) is 5.95 Å². The largest absolute Gasteiger partial charge is 0.350 e. The zero-order valence-corrected chi connectivity index (χ0v) is 21.1. The number of anilines is 1. The molecule has 3 saturated heterocycles. The van der Waals surface area contributed by atoms with E-state index in [1.54, 1.807) is 6.20 Å². The van der Waals surface area contributed by atoms with E-state index in [9.17, 15) is 9.59 Å². The molecule has 10 heteroatoms. The van der Waals surface area contributed by atoms with Crippen molar-refractivity contribution in [2.75, 3.05) is 51.2 Å². The molecule has 3 fully saturated rings. The molecule has 6 heterocycles. The summed E-state index contributed by atoms with van der Waals surface area (Å²) >= 11 is 1.46. The molecule has 3 aliphatic heterocycles. The summed E-state index contributed by atoms with van der Waals surface area (Å²) in [6.45, 7) is 5.53. The van der Waals surface area contributed by atoms with Crippen LogP contribution >= 0.6 is 11.3 Å². The van der Waals surface area contributed by atoms with Crippen molar-refractivity contribution in [3.8, 4) is 0 Å². The van der Waals surface area contributed by atoms with E-state index in [0.29, 0.717) is 40.2 Å². The SMILES string of the molecule is CN1CC2CN(c3ncc4c(=O)c(C(=O)NC[C@H]5CCCN5)c5sc6ccccc6n5c4n3)CC2C1. The first-order valence-electron chi connectivity index (χ1n) is 12.7. The molecule has 3 atom stereocenters. The summed E-state index contributed by atoms with van der Waals surface area (Å²) in [6, 6.07) is 8.24. The highest BCUT2D eigenvalue weighted by atomic mass is 32.1. The Morgan fingerprint density at radius 3 is 2.78 bits per heavy atom. The fourth-order valence-electron chi connectivity index (χ4n) is 6.27. The second kappa shape index (κ2) is 8.50. The number of carbonyl (C=O) groups is 1. The van der Waals surface area contributed by atoms with Crippen molar-refractivity contribution in [2.45, 2.75) is 18.9 Å². The fourth-order valence-corrected chi connectivity index (χ4v) is 7.45. The number of pyridine rings is 1. The van der Waals surface area contributed by atoms with Crippen molar-refractivity contribution in [3.05, 3.63) is 46.2 Å². The van der Waals surface area contributed by atoms with Crippen molar-refractivity contribution >= 4 is 49.3 Å². The lowest BCUT2D eigenvalue weighted by Crippen LogP contribution is -2.39. The minimum Gasteiger partial charge on any atom is -0.350 e. The molecule has 0 saturated carbocycles. The lowest BCUT2D eigenvalue weighted by Gasteiger charge is -2.19. The van der Waals surface area contributed by atoms with Crippen molar-refractivity contribution in [1.82, 2.24) is 29.9 Å². The number of benzene rings is 1. The normalized spacial score (nSPS) is 24.4. The summed E-state index contributed by atoms with van der Waals surface area (Å²) in [4.78, 5) is 41.9. The van der Waals surface area contributed by atoms with Crippen LogP contribution in [0.5, 0.6) is 0 Å². The Hall–Kier alpha value is -3.08. The number of hydrogen-bond donors (Lipinski definition) is 2. The lowest BCUT2D eigenvalue weighted by atomic mass is 10.0. The molecular weight excluding hydrogens is 474 g/mol. The van der Waals surface area contributed by atoms with E-state index in [1.807, 2.05) is 28.7 Å². The maximum absolute atomic E-state index is 13.7. The van der Waals surface area contributed by atoms with Crippen LogP contribution in [0.2, 0.25) is 0 Å². The van der Waals surface area contributed by atoms with Gasteiger partial charge in [0.25, 0.3) is 5.91 Å². The number of carbonyl (C=O) groups excluding carboxylic acids is 1. The van der Waals surface area contributed by atoms with Gasteiger partial charge in [0.05, 0.1) is 15.6 Å². The molecule has 0 radical (unpaired) electrons. The van der Waals surface area contributed by atoms with Crippen LogP contribution in [0, 0.1) is 11.8 Å². The molecule has 1 aromatic carbocycles. The van der Waals surface area contributed by atoms with Crippen molar-refractivity contribution in [2.24, 2.45) is 11.8 Å². The first-order valence-corrected chi connectivity index (χ1v) is 13.6. The highest BCUT2D eigenvalue weighted by Crippen LogP contribution is 2.34. The first-order chi connectivity index (χ1) is 17.6. The minimum atomic E-state index is -0.333. The van der Waals surface area contributed by atoms with Gasteiger partial charge in [-0.2, -0.15) is 4.98 Å². The van der Waals surface area contributed by atoms with E-state index in [4.69, 9.17) is 4.98 Å². The summed E-state index contributed by atoms with van der Waals surface area (Å²) < 4.78 is 2.99. The van der Waals surface area contributed by atoms with Crippen LogP contribution in [-0.2, 0) is 0 Å². The van der Waals surface area contributed by atoms with E-state index in [-0.39, 0.29) is 22.9 Å². The molecule has 3 aliphatic rings. The van der Waals surface area contributed by atoms with Gasteiger partial charge in [0, 0.05) is 45.0 Å². The Bertz CT molecular complexity index is 1540. The summed E-state index contributed by atoms with van der Waals surface area (Å²) in [5.74, 6) is 1.58. The molecule has 4 aromatic rings. The number of rotatable bonds is 4. The van der Waals surface area contributed by atoms with Crippen LogP contribution in [0.1, 0.15) is 23.2 Å². The summed E-state index contributed by atoms with van der Waals surface area (Å²) in [6.07, 6.45) is 3.75. The number of hydrogen-bond acceptors (Lipinski definition) is 8. The Balaban J connectivity index is 1.35. The van der Waals surface area contributed by atoms with Gasteiger partial charge in [-0.25, -0.2) is 4.98 Å². The van der Waals surface area contributed by atoms with Crippen LogP contribution in [-0.4, -0.2) is 77.5 Å². The van der Waals surface area contributed by atoms with Gasteiger partial charge in [-0.15, -0.1) is 11.3 Å². The monoisotopic (exact) mass is 503 g/mol. The molecule has 186 valence electrons. The third-order valence-electron chi connectivity index (χ3n) is 8.02. The van der Waals surface area contributed by atoms with E-state index in [1.165, 1.54) is 11.3 Å². The third kappa shape index (κ3) is 3.50. The number of thiazole rings is 1. The van der Waals surface area contributed by atoms with Crippen molar-refractivity contribution in [1.29, 1.82) is 0 Å². The zero-order chi connectivity index (χ0) is 24.4. The van der Waals surface area contributed by atoms with Crippen LogP contribution < -0.4 is 21.0 Å². The quantitative estimate of drug-likeness (QED) is 0.440. The molecule has 2 N–H and O–H groups in total. The second-order valence-corrected chi connectivity index (χ2v) is 11.5. The van der Waals surface area contributed by atoms with E-state index in [2.05, 4.69) is 32.5 Å². The molecule has 36 heavy (non-hydrogen) atoms. The maximum Gasteiger partial charge on any atom is 0.258 e. The van der Waals surface area contributed by atoms with Crippen molar-refractivity contribution < 1.29 is 4.79 Å². The standard InChI is InChI=1S/C26H29N7O2S/c1-31-11-15-13-32(14-16(15)12-31)26-29-10-18-22(34)21(24(35)28-9-17-5-4-8-27-17)25-33(23(18)30-26)19-6-2-3-7-20(19)36-25/h2-3,6-7,10,15-17,27H,4-5,8-9,11-14H2,1H3,(H,28,35)/t15?,16?,17-/m1/s1. The predicted octanol–water partition coefficient (Wildman–Crippen LogP) is 1.94. The van der Waals surface area contributed by atoms with E-state index < -0.39 is 0 Å². The third-order valence-corrected chi connectivity index (χ3v) is 9.16. The van der Waals surface area contributed by atoms with Crippen LogP contribution in [0.3, 0.4) is 0 Å². The number of para-hydroxylation sites is 1. The van der Waals surface area contributed by atoms with Crippen LogP contribution in [0.25, 0.3) is 26.1 Å². The Morgan fingerprint density at radius 1 is 1.19 bits per heavy atom. The second-order valence-electron chi connectivity index (χ2n) is 10.5. The predicted molar refractivity (Wildman–Crippen MR) is 142 cm³/mol. The lowest BCUT2D eigenvalue weighted by molar-refractivity contribution is 0.0951. The number of fused-ring (bicyclic) bond motifs is 6. The number of aromatic nitrogens is 3. The Morgan fingerprint density at radius 2 is 2.00 bits per heavy atom. The van der Waals surface area contributed by atoms with Gasteiger partial charge < -0.3 is 20.4 Å². The zero-order valence-electron chi connectivity index (χ0n) is 20.2. The molecule has 9 nitrogen and oxygen atoms in total. The van der Waals surface area contributed by atoms with Gasteiger partial charge in [-0.3, -0.25) is 14.0 Å².